The van der Waals surface area contributed by atoms with E-state index in [1.807, 2.05) is 6.92 Å². The zero-order valence-corrected chi connectivity index (χ0v) is 8.67. The number of ether oxygens (including phenoxy) is 1. The summed E-state index contributed by atoms with van der Waals surface area (Å²) in [4.78, 5) is 1.64. The lowest BCUT2D eigenvalue weighted by atomic mass is 10.1. The second-order valence-electron chi connectivity index (χ2n) is 4.01. The standard InChI is InChI=1S/C9H18F2N2O/c1-7-3-8(4-14-7)13(2)6-9(10,11)5-12/h7-8H,3-6,12H2,1-2H3. The fourth-order valence-corrected chi connectivity index (χ4v) is 1.66. The van der Waals surface area contributed by atoms with Crippen molar-refractivity contribution in [1.82, 2.24) is 4.90 Å². The molecule has 14 heavy (non-hydrogen) atoms. The van der Waals surface area contributed by atoms with E-state index in [1.165, 1.54) is 0 Å². The van der Waals surface area contributed by atoms with Crippen LogP contribution in [0, 0.1) is 0 Å². The Labute approximate surface area is 83.2 Å². The largest absolute Gasteiger partial charge is 0.377 e. The predicted molar refractivity (Wildman–Crippen MR) is 50.5 cm³/mol. The fraction of sp³-hybridized carbons (Fsp3) is 1.00. The third-order valence-corrected chi connectivity index (χ3v) is 2.58. The van der Waals surface area contributed by atoms with E-state index in [1.54, 1.807) is 11.9 Å². The summed E-state index contributed by atoms with van der Waals surface area (Å²) in [7, 11) is 1.69. The summed E-state index contributed by atoms with van der Waals surface area (Å²) in [5, 5.41) is 0. The molecule has 2 unspecified atom stereocenters. The average molecular weight is 208 g/mol. The van der Waals surface area contributed by atoms with E-state index in [4.69, 9.17) is 10.5 Å². The van der Waals surface area contributed by atoms with Gasteiger partial charge in [-0.3, -0.25) is 4.90 Å². The van der Waals surface area contributed by atoms with Crippen molar-refractivity contribution < 1.29 is 13.5 Å². The maximum Gasteiger partial charge on any atom is 0.272 e. The molecule has 0 spiro atoms. The van der Waals surface area contributed by atoms with Crippen LogP contribution in [-0.2, 0) is 4.74 Å². The van der Waals surface area contributed by atoms with Crippen molar-refractivity contribution in [1.29, 1.82) is 0 Å². The molecule has 0 bridgehead atoms. The molecule has 1 aliphatic heterocycles. The molecule has 0 amide bonds. The highest BCUT2D eigenvalue weighted by Crippen LogP contribution is 2.20. The van der Waals surface area contributed by atoms with E-state index >= 15 is 0 Å². The van der Waals surface area contributed by atoms with E-state index in [9.17, 15) is 8.78 Å². The van der Waals surface area contributed by atoms with E-state index in [0.29, 0.717) is 6.61 Å². The molecule has 0 radical (unpaired) electrons. The van der Waals surface area contributed by atoms with Crippen LogP contribution in [0.25, 0.3) is 0 Å². The van der Waals surface area contributed by atoms with Crippen LogP contribution in [0.3, 0.4) is 0 Å². The van der Waals surface area contributed by atoms with Crippen molar-refractivity contribution >= 4 is 0 Å². The van der Waals surface area contributed by atoms with Gasteiger partial charge in [0, 0.05) is 6.04 Å². The van der Waals surface area contributed by atoms with Gasteiger partial charge in [0.2, 0.25) is 0 Å². The van der Waals surface area contributed by atoms with Gasteiger partial charge in [-0.1, -0.05) is 0 Å². The topological polar surface area (TPSA) is 38.5 Å². The van der Waals surface area contributed by atoms with E-state index < -0.39 is 12.5 Å². The number of nitrogens with zero attached hydrogens (tertiary/aromatic N) is 1. The van der Waals surface area contributed by atoms with Gasteiger partial charge in [0.15, 0.2) is 0 Å². The minimum absolute atomic E-state index is 0.0995. The molecule has 2 N–H and O–H groups in total. The van der Waals surface area contributed by atoms with Crippen LogP contribution in [0.4, 0.5) is 8.78 Å². The molecule has 0 aromatic carbocycles. The van der Waals surface area contributed by atoms with E-state index in [-0.39, 0.29) is 18.7 Å². The summed E-state index contributed by atoms with van der Waals surface area (Å²) in [6.45, 7) is 1.61. The van der Waals surface area contributed by atoms with Gasteiger partial charge in [0.05, 0.1) is 25.8 Å². The third kappa shape index (κ3) is 3.15. The van der Waals surface area contributed by atoms with Crippen LogP contribution in [0.15, 0.2) is 0 Å². The zero-order valence-electron chi connectivity index (χ0n) is 8.67. The van der Waals surface area contributed by atoms with E-state index in [2.05, 4.69) is 0 Å². The molecule has 0 aromatic rings. The fourth-order valence-electron chi connectivity index (χ4n) is 1.66. The first-order valence-electron chi connectivity index (χ1n) is 4.84. The Morgan fingerprint density at radius 1 is 1.57 bits per heavy atom. The van der Waals surface area contributed by atoms with Gasteiger partial charge in [0.1, 0.15) is 0 Å². The second-order valence-corrected chi connectivity index (χ2v) is 4.01. The highest BCUT2D eigenvalue weighted by Gasteiger charge is 2.33. The highest BCUT2D eigenvalue weighted by atomic mass is 19.3. The Balaban J connectivity index is 2.38. The number of rotatable bonds is 4. The monoisotopic (exact) mass is 208 g/mol. The van der Waals surface area contributed by atoms with Crippen molar-refractivity contribution in [3.63, 3.8) is 0 Å². The molecule has 1 heterocycles. The van der Waals surface area contributed by atoms with Crippen LogP contribution in [0.2, 0.25) is 0 Å². The molecule has 3 nitrogen and oxygen atoms in total. The number of alkyl halides is 2. The lowest BCUT2D eigenvalue weighted by Gasteiger charge is -2.27. The Kier molecular flexibility index (Phi) is 3.80. The van der Waals surface area contributed by atoms with Crippen LogP contribution >= 0.6 is 0 Å². The van der Waals surface area contributed by atoms with Crippen LogP contribution in [0.5, 0.6) is 0 Å². The first-order valence-corrected chi connectivity index (χ1v) is 4.84. The molecule has 1 aliphatic rings. The minimum Gasteiger partial charge on any atom is -0.377 e. The van der Waals surface area contributed by atoms with E-state index in [0.717, 1.165) is 6.42 Å². The first kappa shape index (κ1) is 11.8. The molecule has 1 rings (SSSR count). The lowest BCUT2D eigenvalue weighted by Crippen LogP contribution is -2.44. The number of hydrogen-bond acceptors (Lipinski definition) is 3. The average Bonchev–Trinajstić information content (AvgIpc) is 2.51. The van der Waals surface area contributed by atoms with Gasteiger partial charge in [0.25, 0.3) is 5.92 Å². The molecule has 5 heteroatoms. The number of likely N-dealkylation sites (N-methyl/N-ethyl adjacent to an activating group) is 1. The third-order valence-electron chi connectivity index (χ3n) is 2.58. The summed E-state index contributed by atoms with van der Waals surface area (Å²) >= 11 is 0. The highest BCUT2D eigenvalue weighted by molar-refractivity contribution is 4.81. The van der Waals surface area contributed by atoms with Crippen molar-refractivity contribution in [2.75, 3.05) is 26.7 Å². The minimum atomic E-state index is -2.79. The molecule has 84 valence electrons. The summed E-state index contributed by atoms with van der Waals surface area (Å²) in [6, 6.07) is 0.0995. The van der Waals surface area contributed by atoms with Gasteiger partial charge in [-0.05, 0) is 20.4 Å². The SMILES string of the molecule is CC1CC(N(C)CC(F)(F)CN)CO1. The summed E-state index contributed by atoms with van der Waals surface area (Å²) in [5.41, 5.74) is 4.97. The Hall–Kier alpha value is -0.260. The second kappa shape index (κ2) is 4.51. The van der Waals surface area contributed by atoms with Crippen LogP contribution in [-0.4, -0.2) is 49.7 Å². The van der Waals surface area contributed by atoms with Gasteiger partial charge in [-0.2, -0.15) is 0 Å². The number of hydrogen-bond donors (Lipinski definition) is 1. The number of nitrogens with two attached hydrogens (primary N) is 1. The first-order chi connectivity index (χ1) is 6.44. The molecule has 1 fully saturated rings. The summed E-state index contributed by atoms with van der Waals surface area (Å²) in [5.74, 6) is -2.79. The Morgan fingerprint density at radius 3 is 2.64 bits per heavy atom. The van der Waals surface area contributed by atoms with Crippen molar-refractivity contribution in [3.05, 3.63) is 0 Å². The molecule has 1 saturated heterocycles. The van der Waals surface area contributed by atoms with Gasteiger partial charge >= 0.3 is 0 Å². The smallest absolute Gasteiger partial charge is 0.272 e. The van der Waals surface area contributed by atoms with Crippen molar-refractivity contribution in [2.45, 2.75) is 31.4 Å². The molecular formula is C9H18F2N2O. The molecule has 0 aliphatic carbocycles. The summed E-state index contributed by atoms with van der Waals surface area (Å²) < 4.78 is 31.2. The quantitative estimate of drug-likeness (QED) is 0.738. The van der Waals surface area contributed by atoms with Crippen molar-refractivity contribution in [2.24, 2.45) is 5.73 Å². The van der Waals surface area contributed by atoms with Gasteiger partial charge < -0.3 is 10.5 Å². The van der Waals surface area contributed by atoms with Crippen molar-refractivity contribution in [3.8, 4) is 0 Å². The summed E-state index contributed by atoms with van der Waals surface area (Å²) in [6.07, 6.45) is 0.992. The number of halogens is 2. The normalized spacial score (nSPS) is 28.7. The van der Waals surface area contributed by atoms with Gasteiger partial charge in [-0.15, -0.1) is 0 Å². The Morgan fingerprint density at radius 2 is 2.21 bits per heavy atom. The maximum absolute atomic E-state index is 12.9. The molecular weight excluding hydrogens is 190 g/mol. The Bertz CT molecular complexity index is 190. The van der Waals surface area contributed by atoms with Crippen LogP contribution < -0.4 is 5.73 Å². The van der Waals surface area contributed by atoms with Gasteiger partial charge in [-0.25, -0.2) is 8.78 Å². The molecule has 2 atom stereocenters. The predicted octanol–water partition coefficient (Wildman–Crippen LogP) is 0.690. The maximum atomic E-state index is 12.9. The van der Waals surface area contributed by atoms with Crippen LogP contribution in [0.1, 0.15) is 13.3 Å². The molecule has 0 saturated carbocycles. The lowest BCUT2D eigenvalue weighted by molar-refractivity contribution is -0.0275. The zero-order chi connectivity index (χ0) is 10.8. The molecule has 0 aromatic heterocycles.